The lowest BCUT2D eigenvalue weighted by Crippen LogP contribution is -2.28. The van der Waals surface area contributed by atoms with Crippen LogP contribution in [0.1, 0.15) is 38.3 Å². The highest BCUT2D eigenvalue weighted by molar-refractivity contribution is 5.98. The van der Waals surface area contributed by atoms with Gasteiger partial charge in [0.05, 0.1) is 5.92 Å². The van der Waals surface area contributed by atoms with E-state index in [2.05, 4.69) is 10.6 Å². The van der Waals surface area contributed by atoms with E-state index < -0.39 is 11.3 Å². The lowest BCUT2D eigenvalue weighted by molar-refractivity contribution is -0.128. The van der Waals surface area contributed by atoms with Gasteiger partial charge in [0.1, 0.15) is 0 Å². The molecule has 0 aliphatic carbocycles. The summed E-state index contributed by atoms with van der Waals surface area (Å²) in [5.41, 5.74) is 2.93. The molecule has 3 amide bonds. The van der Waals surface area contributed by atoms with Crippen LogP contribution in [0.4, 0.5) is 11.4 Å². The van der Waals surface area contributed by atoms with Gasteiger partial charge in [-0.2, -0.15) is 0 Å². The standard InChI is InChI=1S/C24H29N3O3/c1-16-8-10-17(11-9-16)14-27-15-18(12-21(27)28)22(29)25-19-6-5-7-20(13-19)26-23(30)24(2,3)4/h5-11,13,18H,12,14-15H2,1-4H3,(H,25,29)(H,26,30). The molecule has 2 N–H and O–H groups in total. The number of amides is 3. The van der Waals surface area contributed by atoms with E-state index in [9.17, 15) is 14.4 Å². The number of likely N-dealkylation sites (tertiary alicyclic amines) is 1. The van der Waals surface area contributed by atoms with E-state index in [-0.39, 0.29) is 24.1 Å². The number of nitrogens with zero attached hydrogens (tertiary/aromatic N) is 1. The molecule has 6 heteroatoms. The van der Waals surface area contributed by atoms with E-state index in [1.54, 1.807) is 29.2 Å². The number of carbonyl (C=O) groups is 3. The highest BCUT2D eigenvalue weighted by Crippen LogP contribution is 2.24. The number of rotatable bonds is 5. The van der Waals surface area contributed by atoms with Crippen LogP contribution in [0, 0.1) is 18.3 Å². The fourth-order valence-electron chi connectivity index (χ4n) is 3.25. The van der Waals surface area contributed by atoms with Gasteiger partial charge in [0.15, 0.2) is 0 Å². The molecular formula is C24H29N3O3. The fourth-order valence-corrected chi connectivity index (χ4v) is 3.25. The van der Waals surface area contributed by atoms with Crippen molar-refractivity contribution in [2.75, 3.05) is 17.2 Å². The molecule has 2 aromatic rings. The van der Waals surface area contributed by atoms with Crippen molar-refractivity contribution >= 4 is 29.1 Å². The van der Waals surface area contributed by atoms with Crippen LogP contribution in [-0.4, -0.2) is 29.2 Å². The van der Waals surface area contributed by atoms with E-state index >= 15 is 0 Å². The molecule has 0 bridgehead atoms. The molecule has 0 radical (unpaired) electrons. The van der Waals surface area contributed by atoms with Crippen LogP contribution in [0.5, 0.6) is 0 Å². The number of carbonyl (C=O) groups excluding carboxylic acids is 3. The Morgan fingerprint density at radius 3 is 2.30 bits per heavy atom. The van der Waals surface area contributed by atoms with Crippen molar-refractivity contribution in [3.8, 4) is 0 Å². The molecule has 3 rings (SSSR count). The third-order valence-electron chi connectivity index (χ3n) is 5.15. The number of hydrogen-bond acceptors (Lipinski definition) is 3. The van der Waals surface area contributed by atoms with E-state index in [0.29, 0.717) is 24.5 Å². The number of aryl methyl sites for hydroxylation is 1. The molecule has 0 saturated carbocycles. The first-order valence-corrected chi connectivity index (χ1v) is 10.2. The number of nitrogens with one attached hydrogen (secondary N) is 2. The predicted molar refractivity (Wildman–Crippen MR) is 118 cm³/mol. The Hall–Kier alpha value is -3.15. The Bertz CT molecular complexity index is 945. The zero-order valence-corrected chi connectivity index (χ0v) is 18.0. The normalized spacial score (nSPS) is 16.5. The topological polar surface area (TPSA) is 78.5 Å². The maximum absolute atomic E-state index is 12.7. The predicted octanol–water partition coefficient (Wildman–Crippen LogP) is 3.97. The summed E-state index contributed by atoms with van der Waals surface area (Å²) in [5, 5.41) is 5.74. The molecule has 1 aliphatic rings. The first kappa shape index (κ1) is 21.6. The van der Waals surface area contributed by atoms with Crippen LogP contribution in [0.15, 0.2) is 48.5 Å². The van der Waals surface area contributed by atoms with Crippen molar-refractivity contribution in [2.24, 2.45) is 11.3 Å². The van der Waals surface area contributed by atoms with Gasteiger partial charge in [0.2, 0.25) is 17.7 Å². The van der Waals surface area contributed by atoms with Crippen LogP contribution >= 0.6 is 0 Å². The molecule has 1 unspecified atom stereocenters. The Balaban J connectivity index is 1.60. The quantitative estimate of drug-likeness (QED) is 0.787. The van der Waals surface area contributed by atoms with E-state index in [1.165, 1.54) is 5.56 Å². The Labute approximate surface area is 177 Å². The van der Waals surface area contributed by atoms with Crippen LogP contribution in [0.25, 0.3) is 0 Å². The van der Waals surface area contributed by atoms with Gasteiger partial charge in [-0.3, -0.25) is 14.4 Å². The molecule has 158 valence electrons. The van der Waals surface area contributed by atoms with Crippen molar-refractivity contribution in [1.82, 2.24) is 4.90 Å². The lowest BCUT2D eigenvalue weighted by Gasteiger charge is -2.18. The van der Waals surface area contributed by atoms with Crippen molar-refractivity contribution in [3.05, 3.63) is 59.7 Å². The largest absolute Gasteiger partial charge is 0.338 e. The van der Waals surface area contributed by atoms with Gasteiger partial charge in [0, 0.05) is 36.3 Å². The second-order valence-electron chi connectivity index (χ2n) is 8.94. The second kappa shape index (κ2) is 8.69. The minimum Gasteiger partial charge on any atom is -0.338 e. The summed E-state index contributed by atoms with van der Waals surface area (Å²) in [4.78, 5) is 39.0. The van der Waals surface area contributed by atoms with Gasteiger partial charge in [-0.25, -0.2) is 0 Å². The molecule has 1 aliphatic heterocycles. The maximum atomic E-state index is 12.7. The molecule has 1 atom stereocenters. The number of hydrogen-bond donors (Lipinski definition) is 2. The third-order valence-corrected chi connectivity index (χ3v) is 5.15. The lowest BCUT2D eigenvalue weighted by atomic mass is 9.95. The van der Waals surface area contributed by atoms with Crippen molar-refractivity contribution < 1.29 is 14.4 Å². The van der Waals surface area contributed by atoms with Gasteiger partial charge < -0.3 is 15.5 Å². The summed E-state index contributed by atoms with van der Waals surface area (Å²) in [6.45, 7) is 8.46. The summed E-state index contributed by atoms with van der Waals surface area (Å²) in [6.07, 6.45) is 0.206. The average Bonchev–Trinajstić information content (AvgIpc) is 3.04. The molecule has 1 fully saturated rings. The zero-order chi connectivity index (χ0) is 21.9. The van der Waals surface area contributed by atoms with Crippen LogP contribution < -0.4 is 10.6 Å². The first-order valence-electron chi connectivity index (χ1n) is 10.2. The third kappa shape index (κ3) is 5.47. The Morgan fingerprint density at radius 1 is 1.03 bits per heavy atom. The monoisotopic (exact) mass is 407 g/mol. The number of anilines is 2. The molecular weight excluding hydrogens is 378 g/mol. The zero-order valence-electron chi connectivity index (χ0n) is 18.0. The van der Waals surface area contributed by atoms with E-state index in [0.717, 1.165) is 5.56 Å². The summed E-state index contributed by atoms with van der Waals surface area (Å²) in [6, 6.07) is 15.1. The van der Waals surface area contributed by atoms with Gasteiger partial charge in [-0.1, -0.05) is 56.7 Å². The van der Waals surface area contributed by atoms with Crippen molar-refractivity contribution in [3.63, 3.8) is 0 Å². The molecule has 2 aromatic carbocycles. The smallest absolute Gasteiger partial charge is 0.229 e. The summed E-state index contributed by atoms with van der Waals surface area (Å²) >= 11 is 0. The number of benzene rings is 2. The maximum Gasteiger partial charge on any atom is 0.229 e. The van der Waals surface area contributed by atoms with Crippen LogP contribution in [0.3, 0.4) is 0 Å². The molecule has 6 nitrogen and oxygen atoms in total. The minimum atomic E-state index is -0.510. The van der Waals surface area contributed by atoms with E-state index in [4.69, 9.17) is 0 Å². The SMILES string of the molecule is Cc1ccc(CN2CC(C(=O)Nc3cccc(NC(=O)C(C)(C)C)c3)CC2=O)cc1. The van der Waals surface area contributed by atoms with Gasteiger partial charge in [-0.15, -0.1) is 0 Å². The van der Waals surface area contributed by atoms with E-state index in [1.807, 2.05) is 52.0 Å². The molecule has 1 saturated heterocycles. The van der Waals surface area contributed by atoms with Crippen molar-refractivity contribution in [1.29, 1.82) is 0 Å². The molecule has 0 spiro atoms. The summed E-state index contributed by atoms with van der Waals surface area (Å²) in [5.74, 6) is -0.689. The highest BCUT2D eigenvalue weighted by Gasteiger charge is 2.34. The Kier molecular flexibility index (Phi) is 6.25. The van der Waals surface area contributed by atoms with Crippen LogP contribution in [0.2, 0.25) is 0 Å². The Morgan fingerprint density at radius 2 is 1.67 bits per heavy atom. The molecule has 1 heterocycles. The van der Waals surface area contributed by atoms with Gasteiger partial charge >= 0.3 is 0 Å². The van der Waals surface area contributed by atoms with Crippen LogP contribution in [-0.2, 0) is 20.9 Å². The first-order chi connectivity index (χ1) is 14.1. The molecule has 30 heavy (non-hydrogen) atoms. The summed E-state index contributed by atoms with van der Waals surface area (Å²) in [7, 11) is 0. The second-order valence-corrected chi connectivity index (χ2v) is 8.94. The van der Waals surface area contributed by atoms with Gasteiger partial charge in [0.25, 0.3) is 0 Å². The minimum absolute atomic E-state index is 0.0121. The molecule has 0 aromatic heterocycles. The summed E-state index contributed by atoms with van der Waals surface area (Å²) < 4.78 is 0. The fraction of sp³-hybridized carbons (Fsp3) is 0.375. The van der Waals surface area contributed by atoms with Crippen molar-refractivity contribution in [2.45, 2.75) is 40.7 Å². The van der Waals surface area contributed by atoms with Gasteiger partial charge in [-0.05, 0) is 30.7 Å². The highest BCUT2D eigenvalue weighted by atomic mass is 16.2. The average molecular weight is 408 g/mol.